The van der Waals surface area contributed by atoms with Gasteiger partial charge in [0.15, 0.2) is 0 Å². The Kier molecular flexibility index (Phi) is 3.61. The van der Waals surface area contributed by atoms with Gasteiger partial charge in [0.1, 0.15) is 17.8 Å². The van der Waals surface area contributed by atoms with E-state index in [1.165, 1.54) is 6.07 Å². The van der Waals surface area contributed by atoms with Crippen LogP contribution in [0.3, 0.4) is 0 Å². The summed E-state index contributed by atoms with van der Waals surface area (Å²) in [5.74, 6) is 0.00639. The molecule has 0 aromatic heterocycles. The maximum absolute atomic E-state index is 11.0. The zero-order valence-corrected chi connectivity index (χ0v) is 10.3. The van der Waals surface area contributed by atoms with Crippen LogP contribution in [-0.2, 0) is 0 Å². The molecule has 0 fully saturated rings. The lowest BCUT2D eigenvalue weighted by atomic mass is 10.1. The second-order valence-corrected chi connectivity index (χ2v) is 4.07. The van der Waals surface area contributed by atoms with E-state index < -0.39 is 5.97 Å². The molecule has 2 rings (SSSR count). The Morgan fingerprint density at radius 3 is 2.32 bits per heavy atom. The highest BCUT2D eigenvalue weighted by Gasteiger charge is 2.08. The third-order valence-corrected chi connectivity index (χ3v) is 2.69. The topological polar surface area (TPSA) is 63.6 Å². The van der Waals surface area contributed by atoms with E-state index in [1.54, 1.807) is 43.3 Å². The number of carbonyl (C=O) groups is 2. The Bertz CT molecular complexity index is 615. The Labute approximate surface area is 110 Å². The van der Waals surface area contributed by atoms with Crippen LogP contribution >= 0.6 is 0 Å². The summed E-state index contributed by atoms with van der Waals surface area (Å²) < 4.78 is 5.54. The molecule has 0 saturated heterocycles. The van der Waals surface area contributed by atoms with Gasteiger partial charge in [-0.1, -0.05) is 6.07 Å². The molecule has 0 atom stereocenters. The van der Waals surface area contributed by atoms with E-state index in [9.17, 15) is 9.59 Å². The molecule has 19 heavy (non-hydrogen) atoms. The van der Waals surface area contributed by atoms with Crippen molar-refractivity contribution in [1.82, 2.24) is 0 Å². The molecule has 0 unspecified atom stereocenters. The average molecular weight is 256 g/mol. The van der Waals surface area contributed by atoms with E-state index in [-0.39, 0.29) is 5.56 Å². The van der Waals surface area contributed by atoms with Crippen LogP contribution in [0.2, 0.25) is 0 Å². The predicted octanol–water partition coefficient (Wildman–Crippen LogP) is 3.30. The first-order valence-electron chi connectivity index (χ1n) is 5.67. The van der Waals surface area contributed by atoms with Gasteiger partial charge in [-0.15, -0.1) is 0 Å². The number of carboxylic acid groups (broad SMARTS) is 1. The van der Waals surface area contributed by atoms with Crippen molar-refractivity contribution in [3.05, 3.63) is 59.2 Å². The lowest BCUT2D eigenvalue weighted by Gasteiger charge is -2.08. The quantitative estimate of drug-likeness (QED) is 0.852. The van der Waals surface area contributed by atoms with Gasteiger partial charge < -0.3 is 9.84 Å². The van der Waals surface area contributed by atoms with Crippen LogP contribution in [-0.4, -0.2) is 17.4 Å². The molecule has 2 aromatic rings. The summed E-state index contributed by atoms with van der Waals surface area (Å²) in [5.41, 5.74) is 1.45. The van der Waals surface area contributed by atoms with Gasteiger partial charge in [0.25, 0.3) is 0 Å². The van der Waals surface area contributed by atoms with Gasteiger partial charge in [-0.3, -0.25) is 4.79 Å². The van der Waals surface area contributed by atoms with E-state index in [0.29, 0.717) is 22.6 Å². The molecule has 0 bridgehead atoms. The highest BCUT2D eigenvalue weighted by molar-refractivity contribution is 5.89. The number of benzene rings is 2. The van der Waals surface area contributed by atoms with Gasteiger partial charge in [0.05, 0.1) is 5.56 Å². The third kappa shape index (κ3) is 2.98. The normalized spacial score (nSPS) is 9.95. The van der Waals surface area contributed by atoms with Gasteiger partial charge in [-0.25, -0.2) is 4.79 Å². The Morgan fingerprint density at radius 2 is 1.74 bits per heavy atom. The van der Waals surface area contributed by atoms with Gasteiger partial charge in [-0.05, 0) is 48.9 Å². The lowest BCUT2D eigenvalue weighted by Crippen LogP contribution is -1.99. The number of carboxylic acids is 1. The fraction of sp³-hybridized carbons (Fsp3) is 0.0667. The molecule has 1 N–H and O–H groups in total. The predicted molar refractivity (Wildman–Crippen MR) is 70.0 cm³/mol. The van der Waals surface area contributed by atoms with Crippen molar-refractivity contribution in [3.63, 3.8) is 0 Å². The fourth-order valence-electron chi connectivity index (χ4n) is 1.65. The molecule has 96 valence electrons. The summed E-state index contributed by atoms with van der Waals surface area (Å²) in [6, 6.07) is 11.5. The molecule has 0 amide bonds. The number of aromatic carboxylic acids is 1. The van der Waals surface area contributed by atoms with Crippen molar-refractivity contribution < 1.29 is 19.4 Å². The highest BCUT2D eigenvalue weighted by Crippen LogP contribution is 2.24. The molecular weight excluding hydrogens is 244 g/mol. The highest BCUT2D eigenvalue weighted by atomic mass is 16.5. The second-order valence-electron chi connectivity index (χ2n) is 4.07. The smallest absolute Gasteiger partial charge is 0.336 e. The monoisotopic (exact) mass is 256 g/mol. The third-order valence-electron chi connectivity index (χ3n) is 2.69. The van der Waals surface area contributed by atoms with Crippen molar-refractivity contribution >= 4 is 12.3 Å². The SMILES string of the molecule is Cc1ccc(Oc2ccc(C=O)cc2)cc1C(=O)O. The standard InChI is InChI=1S/C15H12O4/c1-10-2-5-13(8-14(10)15(17)18)19-12-6-3-11(9-16)4-7-12/h2-9H,1H3,(H,17,18). The van der Waals surface area contributed by atoms with Crippen LogP contribution in [0.1, 0.15) is 26.3 Å². The molecule has 0 radical (unpaired) electrons. The van der Waals surface area contributed by atoms with E-state index in [1.807, 2.05) is 0 Å². The minimum atomic E-state index is -0.987. The van der Waals surface area contributed by atoms with Gasteiger partial charge in [0, 0.05) is 5.56 Å². The summed E-state index contributed by atoms with van der Waals surface area (Å²) in [7, 11) is 0. The summed E-state index contributed by atoms with van der Waals surface area (Å²) in [6.45, 7) is 1.73. The molecule has 0 aliphatic rings. The molecule has 0 aliphatic heterocycles. The van der Waals surface area contributed by atoms with Gasteiger partial charge in [0.2, 0.25) is 0 Å². The molecule has 0 saturated carbocycles. The summed E-state index contributed by atoms with van der Waals surface area (Å²) in [6.07, 6.45) is 0.748. The van der Waals surface area contributed by atoms with Crippen LogP contribution in [0.4, 0.5) is 0 Å². The number of ether oxygens (including phenoxy) is 1. The molecule has 0 spiro atoms. The number of hydrogen-bond donors (Lipinski definition) is 1. The molecular formula is C15H12O4. The molecule has 0 heterocycles. The first-order chi connectivity index (χ1) is 9.10. The average Bonchev–Trinajstić information content (AvgIpc) is 2.41. The number of carbonyl (C=O) groups excluding carboxylic acids is 1. The first kappa shape index (κ1) is 12.8. The van der Waals surface area contributed by atoms with Crippen LogP contribution in [0.15, 0.2) is 42.5 Å². The molecule has 2 aromatic carbocycles. The Hall–Kier alpha value is -2.62. The number of hydrogen-bond acceptors (Lipinski definition) is 3. The zero-order chi connectivity index (χ0) is 13.8. The maximum Gasteiger partial charge on any atom is 0.336 e. The van der Waals surface area contributed by atoms with Crippen molar-refractivity contribution in [2.24, 2.45) is 0 Å². The molecule has 4 nitrogen and oxygen atoms in total. The number of rotatable bonds is 4. The van der Waals surface area contributed by atoms with Crippen LogP contribution in [0.25, 0.3) is 0 Å². The van der Waals surface area contributed by atoms with Crippen molar-refractivity contribution in [1.29, 1.82) is 0 Å². The minimum absolute atomic E-state index is 0.210. The van der Waals surface area contributed by atoms with Crippen molar-refractivity contribution in [2.45, 2.75) is 6.92 Å². The van der Waals surface area contributed by atoms with Crippen molar-refractivity contribution in [3.8, 4) is 11.5 Å². The van der Waals surface area contributed by atoms with Gasteiger partial charge in [-0.2, -0.15) is 0 Å². The summed E-state index contributed by atoms with van der Waals surface area (Å²) >= 11 is 0. The number of aryl methyl sites for hydroxylation is 1. The Balaban J connectivity index is 2.25. The molecule has 0 aliphatic carbocycles. The van der Waals surface area contributed by atoms with Crippen LogP contribution in [0.5, 0.6) is 11.5 Å². The molecule has 4 heteroatoms. The summed E-state index contributed by atoms with van der Waals surface area (Å²) in [4.78, 5) is 21.5. The Morgan fingerprint density at radius 1 is 1.11 bits per heavy atom. The van der Waals surface area contributed by atoms with Crippen molar-refractivity contribution in [2.75, 3.05) is 0 Å². The van der Waals surface area contributed by atoms with Gasteiger partial charge >= 0.3 is 5.97 Å². The first-order valence-corrected chi connectivity index (χ1v) is 5.67. The number of aldehydes is 1. The minimum Gasteiger partial charge on any atom is -0.478 e. The zero-order valence-electron chi connectivity index (χ0n) is 10.3. The van der Waals surface area contributed by atoms with E-state index in [4.69, 9.17) is 9.84 Å². The maximum atomic E-state index is 11.0. The summed E-state index contributed by atoms with van der Waals surface area (Å²) in [5, 5.41) is 9.03. The fourth-order valence-corrected chi connectivity index (χ4v) is 1.65. The van der Waals surface area contributed by atoms with E-state index in [0.717, 1.165) is 6.29 Å². The van der Waals surface area contributed by atoms with E-state index >= 15 is 0 Å². The van der Waals surface area contributed by atoms with E-state index in [2.05, 4.69) is 0 Å². The second kappa shape index (κ2) is 5.35. The van der Waals surface area contributed by atoms with Crippen LogP contribution in [0, 0.1) is 6.92 Å². The largest absolute Gasteiger partial charge is 0.478 e. The lowest BCUT2D eigenvalue weighted by molar-refractivity contribution is 0.0695. The van der Waals surface area contributed by atoms with Crippen LogP contribution < -0.4 is 4.74 Å².